The summed E-state index contributed by atoms with van der Waals surface area (Å²) in [7, 11) is 1.58. The summed E-state index contributed by atoms with van der Waals surface area (Å²) in [6, 6.07) is 13.4. The van der Waals surface area contributed by atoms with Gasteiger partial charge in [0.05, 0.1) is 19.8 Å². The highest BCUT2D eigenvalue weighted by atomic mass is 19.1. The lowest BCUT2D eigenvalue weighted by molar-refractivity contribution is -0.0328. The predicted octanol–water partition coefficient (Wildman–Crippen LogP) is 3.51. The molecule has 0 spiro atoms. The fourth-order valence-corrected chi connectivity index (χ4v) is 3.43. The van der Waals surface area contributed by atoms with E-state index in [0.717, 1.165) is 23.1 Å². The number of fused-ring (bicyclic) bond motifs is 1. The van der Waals surface area contributed by atoms with Crippen LogP contribution in [0.25, 0.3) is 11.0 Å². The fraction of sp³-hybridized carbons (Fsp3) is 0.286. The first-order valence-corrected chi connectivity index (χ1v) is 8.82. The normalized spacial score (nSPS) is 17.9. The molecular formula is C21H20FNO4. The Morgan fingerprint density at radius 2 is 2.00 bits per heavy atom. The van der Waals surface area contributed by atoms with E-state index in [9.17, 15) is 9.18 Å². The summed E-state index contributed by atoms with van der Waals surface area (Å²) in [6.45, 7) is 2.61. The second-order valence-electron chi connectivity index (χ2n) is 6.60. The lowest BCUT2D eigenvalue weighted by Crippen LogP contribution is -2.38. The van der Waals surface area contributed by atoms with E-state index in [1.165, 1.54) is 18.2 Å². The van der Waals surface area contributed by atoms with Crippen LogP contribution in [-0.4, -0.2) is 31.7 Å². The number of halogens is 1. The Labute approximate surface area is 155 Å². The molecular weight excluding hydrogens is 349 g/mol. The van der Waals surface area contributed by atoms with Crippen molar-refractivity contribution in [2.75, 3.05) is 26.8 Å². The van der Waals surface area contributed by atoms with Gasteiger partial charge in [-0.15, -0.1) is 0 Å². The Morgan fingerprint density at radius 1 is 1.19 bits per heavy atom. The van der Waals surface area contributed by atoms with Gasteiger partial charge in [-0.25, -0.2) is 9.18 Å². The number of methoxy groups -OCH3 is 1. The van der Waals surface area contributed by atoms with Crippen LogP contribution < -0.4 is 10.4 Å². The molecule has 27 heavy (non-hydrogen) atoms. The monoisotopic (exact) mass is 369 g/mol. The first kappa shape index (κ1) is 17.7. The zero-order valence-electron chi connectivity index (χ0n) is 15.0. The van der Waals surface area contributed by atoms with Gasteiger partial charge in [0.2, 0.25) is 0 Å². The highest BCUT2D eigenvalue weighted by Gasteiger charge is 2.23. The van der Waals surface area contributed by atoms with Gasteiger partial charge >= 0.3 is 5.63 Å². The van der Waals surface area contributed by atoms with Crippen molar-refractivity contribution in [2.45, 2.75) is 12.6 Å². The van der Waals surface area contributed by atoms with E-state index in [2.05, 4.69) is 4.90 Å². The Morgan fingerprint density at radius 3 is 2.78 bits per heavy atom. The van der Waals surface area contributed by atoms with Crippen LogP contribution >= 0.6 is 0 Å². The molecule has 0 radical (unpaired) electrons. The first-order valence-electron chi connectivity index (χ1n) is 8.82. The zero-order chi connectivity index (χ0) is 18.8. The molecule has 1 fully saturated rings. The molecule has 0 aliphatic carbocycles. The van der Waals surface area contributed by atoms with E-state index >= 15 is 0 Å². The molecule has 0 amide bonds. The second-order valence-corrected chi connectivity index (χ2v) is 6.60. The summed E-state index contributed by atoms with van der Waals surface area (Å²) in [5, 5.41) is 0.889. The minimum atomic E-state index is -0.380. The molecule has 1 saturated heterocycles. The van der Waals surface area contributed by atoms with Crippen molar-refractivity contribution >= 4 is 11.0 Å². The summed E-state index contributed by atoms with van der Waals surface area (Å²) in [5.41, 5.74) is 1.99. The van der Waals surface area contributed by atoms with Crippen molar-refractivity contribution in [1.82, 2.24) is 4.90 Å². The SMILES string of the molecule is COc1ccc2c(CN3CCOC(c4ccc(F)cc4)C3)cc(=O)oc2c1. The third kappa shape index (κ3) is 3.86. The van der Waals surface area contributed by atoms with Crippen LogP contribution in [0.1, 0.15) is 17.2 Å². The zero-order valence-corrected chi connectivity index (χ0v) is 15.0. The number of hydrogen-bond donors (Lipinski definition) is 0. The maximum atomic E-state index is 13.2. The third-order valence-electron chi connectivity index (χ3n) is 4.82. The van der Waals surface area contributed by atoms with Crippen LogP contribution in [0.3, 0.4) is 0 Å². The second kappa shape index (κ2) is 7.50. The number of rotatable bonds is 4. The van der Waals surface area contributed by atoms with Gasteiger partial charge in [0, 0.05) is 37.2 Å². The van der Waals surface area contributed by atoms with E-state index in [1.807, 2.05) is 12.1 Å². The van der Waals surface area contributed by atoms with Crippen molar-refractivity contribution < 1.29 is 18.3 Å². The van der Waals surface area contributed by atoms with Gasteiger partial charge in [-0.3, -0.25) is 4.90 Å². The average Bonchev–Trinajstić information content (AvgIpc) is 2.68. The Balaban J connectivity index is 1.58. The largest absolute Gasteiger partial charge is 0.497 e. The number of benzene rings is 2. The van der Waals surface area contributed by atoms with Crippen molar-refractivity contribution in [3.05, 3.63) is 75.9 Å². The maximum absolute atomic E-state index is 13.2. The van der Waals surface area contributed by atoms with Gasteiger partial charge in [-0.2, -0.15) is 0 Å². The topological polar surface area (TPSA) is 51.9 Å². The molecule has 6 heteroatoms. The molecule has 140 valence electrons. The first-order chi connectivity index (χ1) is 13.1. The molecule has 4 rings (SSSR count). The maximum Gasteiger partial charge on any atom is 0.336 e. The van der Waals surface area contributed by atoms with Crippen LogP contribution in [-0.2, 0) is 11.3 Å². The van der Waals surface area contributed by atoms with Crippen LogP contribution in [0.2, 0.25) is 0 Å². The Kier molecular flexibility index (Phi) is 4.92. The van der Waals surface area contributed by atoms with Gasteiger partial charge in [0.1, 0.15) is 17.1 Å². The Bertz CT molecular complexity index is 999. The highest BCUT2D eigenvalue weighted by molar-refractivity contribution is 5.81. The van der Waals surface area contributed by atoms with Crippen LogP contribution in [0.4, 0.5) is 4.39 Å². The van der Waals surface area contributed by atoms with Crippen LogP contribution in [0.15, 0.2) is 57.7 Å². The fourth-order valence-electron chi connectivity index (χ4n) is 3.43. The highest BCUT2D eigenvalue weighted by Crippen LogP contribution is 2.26. The lowest BCUT2D eigenvalue weighted by atomic mass is 10.1. The Hall–Kier alpha value is -2.70. The van der Waals surface area contributed by atoms with Gasteiger partial charge in [-0.05, 0) is 35.4 Å². The van der Waals surface area contributed by atoms with Crippen LogP contribution in [0, 0.1) is 5.82 Å². The summed E-state index contributed by atoms with van der Waals surface area (Å²) >= 11 is 0. The van der Waals surface area contributed by atoms with Gasteiger partial charge in [0.25, 0.3) is 0 Å². The van der Waals surface area contributed by atoms with Crippen LogP contribution in [0.5, 0.6) is 5.75 Å². The molecule has 1 aromatic heterocycles. The number of nitrogens with zero attached hydrogens (tertiary/aromatic N) is 1. The van der Waals surface area contributed by atoms with Gasteiger partial charge < -0.3 is 13.9 Å². The average molecular weight is 369 g/mol. The molecule has 2 heterocycles. The summed E-state index contributed by atoms with van der Waals surface area (Å²) in [5.74, 6) is 0.384. The minimum absolute atomic E-state index is 0.120. The van der Waals surface area contributed by atoms with E-state index in [-0.39, 0.29) is 17.5 Å². The van der Waals surface area contributed by atoms with E-state index in [4.69, 9.17) is 13.9 Å². The van der Waals surface area contributed by atoms with Gasteiger partial charge in [0.15, 0.2) is 0 Å². The van der Waals surface area contributed by atoms with Crippen molar-refractivity contribution in [3.8, 4) is 5.75 Å². The number of morpholine rings is 1. The number of hydrogen-bond acceptors (Lipinski definition) is 5. The summed E-state index contributed by atoms with van der Waals surface area (Å²) < 4.78 is 29.5. The van der Waals surface area contributed by atoms with Crippen molar-refractivity contribution in [2.24, 2.45) is 0 Å². The molecule has 1 unspecified atom stereocenters. The quantitative estimate of drug-likeness (QED) is 0.659. The molecule has 0 bridgehead atoms. The van der Waals surface area contributed by atoms with E-state index in [1.54, 1.807) is 25.3 Å². The molecule has 0 saturated carbocycles. The van der Waals surface area contributed by atoms with Crippen molar-refractivity contribution in [3.63, 3.8) is 0 Å². The van der Waals surface area contributed by atoms with E-state index in [0.29, 0.717) is 31.0 Å². The third-order valence-corrected chi connectivity index (χ3v) is 4.82. The molecule has 2 aromatic carbocycles. The molecule has 1 aliphatic rings. The van der Waals surface area contributed by atoms with E-state index < -0.39 is 0 Å². The molecule has 0 N–H and O–H groups in total. The molecule has 3 aromatic rings. The van der Waals surface area contributed by atoms with Gasteiger partial charge in [-0.1, -0.05) is 12.1 Å². The standard InChI is InChI=1S/C21H20FNO4/c1-25-17-6-7-18-15(10-21(24)27-19(18)11-17)12-23-8-9-26-20(13-23)14-2-4-16(22)5-3-14/h2-7,10-11,20H,8-9,12-13H2,1H3. The number of ether oxygens (including phenoxy) is 2. The predicted molar refractivity (Wildman–Crippen MR) is 99.4 cm³/mol. The summed E-state index contributed by atoms with van der Waals surface area (Å²) in [6.07, 6.45) is -0.120. The smallest absolute Gasteiger partial charge is 0.336 e. The molecule has 1 aliphatic heterocycles. The lowest BCUT2D eigenvalue weighted by Gasteiger charge is -2.33. The minimum Gasteiger partial charge on any atom is -0.497 e. The molecule has 5 nitrogen and oxygen atoms in total. The molecule has 1 atom stereocenters. The summed E-state index contributed by atoms with van der Waals surface area (Å²) in [4.78, 5) is 14.2. The van der Waals surface area contributed by atoms with Crippen molar-refractivity contribution in [1.29, 1.82) is 0 Å².